The quantitative estimate of drug-likeness (QED) is 0.218. The highest BCUT2D eigenvalue weighted by Gasteiger charge is 2.60. The maximum atomic E-state index is 13.5. The van der Waals surface area contributed by atoms with Crippen LogP contribution >= 0.6 is 0 Å². The highest BCUT2D eigenvalue weighted by atomic mass is 16.6. The summed E-state index contributed by atoms with van der Waals surface area (Å²) in [5.74, 6) is -1.26. The first-order valence-electron chi connectivity index (χ1n) is 12.4. The van der Waals surface area contributed by atoms with E-state index in [0.29, 0.717) is 6.42 Å². The van der Waals surface area contributed by atoms with Crippen LogP contribution in [0.25, 0.3) is 0 Å². The number of carbonyl (C=O) groups excluding carboxylic acids is 2. The van der Waals surface area contributed by atoms with Crippen LogP contribution in [0.5, 0.6) is 0 Å². The molecule has 0 amide bonds. The van der Waals surface area contributed by atoms with E-state index >= 15 is 0 Å². The van der Waals surface area contributed by atoms with Gasteiger partial charge in [-0.15, -0.1) is 0 Å². The Balaban J connectivity index is 2.86. The Morgan fingerprint density at radius 2 is 1.68 bits per heavy atom. The van der Waals surface area contributed by atoms with Crippen molar-refractivity contribution < 1.29 is 34.0 Å². The average molecular weight is 485 g/mol. The molecular weight excluding hydrogens is 436 g/mol. The standard InChI is InChI=1S/C27H48O7/c1-15(2)12-18(5)24-27(9,34-24)23(31)17(4)13-16(3)22(30)26(7,8)25(33-11)19(6)20(28)14-21(29)32-10/h12,16-20,23-25,28,31H,13-14H2,1-11H3/t16-,17-,18-,19+,20-,23-,24-,25-,27-/m0/s1. The second kappa shape index (κ2) is 12.1. The normalized spacial score (nSPS) is 26.4. The van der Waals surface area contributed by atoms with E-state index in [9.17, 15) is 19.8 Å². The molecule has 0 radical (unpaired) electrons. The monoisotopic (exact) mass is 484 g/mol. The summed E-state index contributed by atoms with van der Waals surface area (Å²) < 4.78 is 16.3. The van der Waals surface area contributed by atoms with Gasteiger partial charge in [-0.3, -0.25) is 9.59 Å². The minimum atomic E-state index is -0.993. The summed E-state index contributed by atoms with van der Waals surface area (Å²) in [7, 11) is 2.78. The first kappa shape index (κ1) is 30.8. The zero-order valence-electron chi connectivity index (χ0n) is 23.0. The molecule has 1 saturated heterocycles. The lowest BCUT2D eigenvalue weighted by Gasteiger charge is -2.39. The molecule has 0 aromatic heterocycles. The number of hydrogen-bond acceptors (Lipinski definition) is 7. The number of carbonyl (C=O) groups is 2. The van der Waals surface area contributed by atoms with Gasteiger partial charge < -0.3 is 24.4 Å². The van der Waals surface area contributed by atoms with Crippen LogP contribution in [0.3, 0.4) is 0 Å². The highest BCUT2D eigenvalue weighted by molar-refractivity contribution is 5.86. The predicted octanol–water partition coefficient (Wildman–Crippen LogP) is 3.94. The first-order valence-corrected chi connectivity index (χ1v) is 12.4. The Morgan fingerprint density at radius 1 is 1.12 bits per heavy atom. The highest BCUT2D eigenvalue weighted by Crippen LogP contribution is 2.47. The van der Waals surface area contributed by atoms with Crippen molar-refractivity contribution in [1.82, 2.24) is 0 Å². The summed E-state index contributed by atoms with van der Waals surface area (Å²) in [5, 5.41) is 21.6. The molecule has 7 nitrogen and oxygen atoms in total. The predicted molar refractivity (Wildman–Crippen MR) is 132 cm³/mol. The number of aliphatic hydroxyl groups excluding tert-OH is 2. The lowest BCUT2D eigenvalue weighted by molar-refractivity contribution is -0.149. The molecule has 1 heterocycles. The lowest BCUT2D eigenvalue weighted by Crippen LogP contribution is -2.48. The van der Waals surface area contributed by atoms with E-state index in [0.717, 1.165) is 0 Å². The van der Waals surface area contributed by atoms with Crippen molar-refractivity contribution in [3.05, 3.63) is 11.6 Å². The van der Waals surface area contributed by atoms with E-state index in [-0.39, 0.29) is 36.1 Å². The third-order valence-corrected chi connectivity index (χ3v) is 7.55. The fourth-order valence-electron chi connectivity index (χ4n) is 5.66. The van der Waals surface area contributed by atoms with Crippen molar-refractivity contribution >= 4 is 11.8 Å². The summed E-state index contributed by atoms with van der Waals surface area (Å²) >= 11 is 0. The van der Waals surface area contributed by atoms with E-state index < -0.39 is 41.2 Å². The van der Waals surface area contributed by atoms with Crippen molar-refractivity contribution in [2.75, 3.05) is 14.2 Å². The number of ketones is 1. The molecule has 0 aliphatic carbocycles. The Morgan fingerprint density at radius 3 is 2.15 bits per heavy atom. The Labute approximate surface area is 206 Å². The van der Waals surface area contributed by atoms with Crippen LogP contribution in [0.15, 0.2) is 11.6 Å². The molecule has 1 rings (SSSR count). The van der Waals surface area contributed by atoms with E-state index in [4.69, 9.17) is 9.47 Å². The first-order chi connectivity index (χ1) is 15.5. The van der Waals surface area contributed by atoms with Crippen LogP contribution < -0.4 is 0 Å². The smallest absolute Gasteiger partial charge is 0.308 e. The molecule has 0 aromatic rings. The van der Waals surface area contributed by atoms with Gasteiger partial charge in [0.2, 0.25) is 0 Å². The minimum Gasteiger partial charge on any atom is -0.469 e. The summed E-state index contributed by atoms with van der Waals surface area (Å²) in [6, 6.07) is 0. The van der Waals surface area contributed by atoms with Gasteiger partial charge in [-0.1, -0.05) is 53.2 Å². The number of methoxy groups -OCH3 is 2. The number of ether oxygens (including phenoxy) is 3. The molecule has 0 spiro atoms. The number of esters is 1. The minimum absolute atomic E-state index is 0.00755. The third kappa shape index (κ3) is 7.12. The SMILES string of the molecule is COC(=O)C[C@H](O)[C@@H](C)[C@H](OC)C(C)(C)C(=O)[C@@H](C)C[C@H](C)[C@H](O)[C@]1(C)O[C@H]1[C@@H](C)C=C(C)C. The molecule has 9 atom stereocenters. The van der Waals surface area contributed by atoms with Crippen molar-refractivity contribution in [2.45, 2.75) is 105 Å². The molecule has 0 saturated carbocycles. The van der Waals surface area contributed by atoms with Crippen molar-refractivity contribution in [3.63, 3.8) is 0 Å². The molecule has 2 N–H and O–H groups in total. The second-order valence-corrected chi connectivity index (χ2v) is 11.3. The van der Waals surface area contributed by atoms with Crippen molar-refractivity contribution in [3.8, 4) is 0 Å². The Bertz CT molecular complexity index is 726. The molecule has 34 heavy (non-hydrogen) atoms. The average Bonchev–Trinajstić information content (AvgIpc) is 3.44. The van der Waals surface area contributed by atoms with Crippen LogP contribution in [0.1, 0.15) is 75.2 Å². The van der Waals surface area contributed by atoms with E-state index in [1.807, 2.05) is 48.5 Å². The lowest BCUT2D eigenvalue weighted by atomic mass is 9.70. The second-order valence-electron chi connectivity index (χ2n) is 11.3. The number of hydrogen-bond donors (Lipinski definition) is 2. The van der Waals surface area contributed by atoms with Gasteiger partial charge in [0, 0.05) is 24.9 Å². The van der Waals surface area contributed by atoms with Crippen LogP contribution in [0.4, 0.5) is 0 Å². The molecule has 1 fully saturated rings. The zero-order chi connectivity index (χ0) is 26.6. The molecular formula is C27H48O7. The Kier molecular flexibility index (Phi) is 11.0. The van der Waals surface area contributed by atoms with E-state index in [1.54, 1.807) is 6.92 Å². The van der Waals surface area contributed by atoms with Gasteiger partial charge in [0.1, 0.15) is 11.4 Å². The number of Topliss-reactive ketones (excluding diaryl/α,β-unsaturated/α-hetero) is 1. The molecule has 0 unspecified atom stereocenters. The molecule has 198 valence electrons. The topological polar surface area (TPSA) is 106 Å². The number of epoxide rings is 1. The number of aliphatic hydroxyl groups is 2. The Hall–Kier alpha value is -1.28. The van der Waals surface area contributed by atoms with E-state index in [2.05, 4.69) is 17.7 Å². The van der Waals surface area contributed by atoms with Crippen LogP contribution in [-0.4, -0.2) is 66.2 Å². The van der Waals surface area contributed by atoms with Gasteiger partial charge >= 0.3 is 5.97 Å². The van der Waals surface area contributed by atoms with E-state index in [1.165, 1.54) is 19.8 Å². The van der Waals surface area contributed by atoms with Crippen LogP contribution in [-0.2, 0) is 23.8 Å². The van der Waals surface area contributed by atoms with Crippen molar-refractivity contribution in [2.24, 2.45) is 29.1 Å². The number of allylic oxidation sites excluding steroid dienone is 1. The van der Waals surface area contributed by atoms with Gasteiger partial charge in [0.15, 0.2) is 0 Å². The molecule has 0 aromatic carbocycles. The maximum Gasteiger partial charge on any atom is 0.308 e. The number of rotatable bonds is 14. The zero-order valence-corrected chi connectivity index (χ0v) is 23.0. The molecule has 1 aliphatic rings. The molecule has 1 aliphatic heterocycles. The van der Waals surface area contributed by atoms with Gasteiger partial charge in [0.25, 0.3) is 0 Å². The van der Waals surface area contributed by atoms with Crippen LogP contribution in [0.2, 0.25) is 0 Å². The fourth-order valence-corrected chi connectivity index (χ4v) is 5.66. The molecule has 7 heteroatoms. The summed E-state index contributed by atoms with van der Waals surface area (Å²) in [4.78, 5) is 25.1. The molecule has 0 bridgehead atoms. The summed E-state index contributed by atoms with van der Waals surface area (Å²) in [6.45, 7) is 17.3. The van der Waals surface area contributed by atoms with Crippen LogP contribution in [0, 0.1) is 29.1 Å². The largest absolute Gasteiger partial charge is 0.469 e. The van der Waals surface area contributed by atoms with Gasteiger partial charge in [-0.25, -0.2) is 0 Å². The maximum absolute atomic E-state index is 13.5. The van der Waals surface area contributed by atoms with Gasteiger partial charge in [-0.05, 0) is 33.1 Å². The summed E-state index contributed by atoms with van der Waals surface area (Å²) in [6.07, 6.45) is 0.170. The fraction of sp³-hybridized carbons (Fsp3) is 0.852. The van der Waals surface area contributed by atoms with Crippen molar-refractivity contribution in [1.29, 1.82) is 0 Å². The summed E-state index contributed by atoms with van der Waals surface area (Å²) in [5.41, 5.74) is -0.312. The van der Waals surface area contributed by atoms with Gasteiger partial charge in [-0.2, -0.15) is 0 Å². The third-order valence-electron chi connectivity index (χ3n) is 7.55. The van der Waals surface area contributed by atoms with Gasteiger partial charge in [0.05, 0.1) is 43.4 Å².